The molecule has 1 N–H and O–H groups in total. The summed E-state index contributed by atoms with van der Waals surface area (Å²) in [5.41, 5.74) is 0.446. The van der Waals surface area contributed by atoms with Gasteiger partial charge in [0.15, 0.2) is 0 Å². The molecule has 1 atom stereocenters. The van der Waals surface area contributed by atoms with Gasteiger partial charge >= 0.3 is 5.97 Å². The summed E-state index contributed by atoms with van der Waals surface area (Å²) in [4.78, 5) is 11.1. The summed E-state index contributed by atoms with van der Waals surface area (Å²) in [5, 5.41) is 9.65. The van der Waals surface area contributed by atoms with Gasteiger partial charge in [-0.3, -0.25) is 0 Å². The Balaban J connectivity index is 2.21. The molecular weight excluding hydrogens is 180 g/mol. The number of aliphatic hydroxyl groups excluding tert-OH is 1. The largest absolute Gasteiger partial charge is 0.458 e. The van der Waals surface area contributed by atoms with Crippen LogP contribution in [0.5, 0.6) is 0 Å². The van der Waals surface area contributed by atoms with Crippen molar-refractivity contribution in [1.82, 2.24) is 0 Å². The molecule has 0 radical (unpaired) electrons. The van der Waals surface area contributed by atoms with Gasteiger partial charge in [0.25, 0.3) is 0 Å². The van der Waals surface area contributed by atoms with Gasteiger partial charge in [0, 0.05) is 0 Å². The third-order valence-corrected chi connectivity index (χ3v) is 2.44. The Morgan fingerprint density at radius 1 is 1.50 bits per heavy atom. The maximum atomic E-state index is 11.1. The molecule has 14 heavy (non-hydrogen) atoms. The molecule has 80 valence electrons. The monoisotopic (exact) mass is 198 g/mol. The third kappa shape index (κ3) is 3.14. The Morgan fingerprint density at radius 2 is 2.29 bits per heavy atom. The minimum atomic E-state index is -0.623. The van der Waals surface area contributed by atoms with Crippen LogP contribution >= 0.6 is 0 Å². The molecule has 1 rings (SSSR count). The average Bonchev–Trinajstić information content (AvgIpc) is 2.59. The Bertz CT molecular complexity index is 221. The first-order chi connectivity index (χ1) is 6.75. The highest BCUT2D eigenvalue weighted by molar-refractivity contribution is 5.91. The second kappa shape index (κ2) is 5.81. The SMILES string of the molecule is CCCCCCC(O)C1=CCOC1=O. The molecule has 1 unspecified atom stereocenters. The molecular formula is C11H18O3. The Kier molecular flexibility index (Phi) is 4.66. The van der Waals surface area contributed by atoms with Crippen molar-refractivity contribution in [2.24, 2.45) is 0 Å². The molecule has 1 aliphatic rings. The first-order valence-corrected chi connectivity index (χ1v) is 5.31. The standard InChI is InChI=1S/C11H18O3/c1-2-3-4-5-6-10(12)9-7-8-14-11(9)13/h7,10,12H,2-6,8H2,1H3. The first-order valence-electron chi connectivity index (χ1n) is 5.31. The fourth-order valence-electron chi connectivity index (χ4n) is 1.57. The summed E-state index contributed by atoms with van der Waals surface area (Å²) < 4.78 is 4.72. The smallest absolute Gasteiger partial charge is 0.336 e. The second-order valence-electron chi connectivity index (χ2n) is 3.62. The molecule has 0 spiro atoms. The van der Waals surface area contributed by atoms with Crippen molar-refractivity contribution in [2.75, 3.05) is 6.61 Å². The number of hydrogen-bond donors (Lipinski definition) is 1. The Labute approximate surface area is 84.8 Å². The fourth-order valence-corrected chi connectivity index (χ4v) is 1.57. The molecule has 0 aromatic rings. The molecule has 0 fully saturated rings. The third-order valence-electron chi connectivity index (χ3n) is 2.44. The predicted molar refractivity (Wildman–Crippen MR) is 53.8 cm³/mol. The quantitative estimate of drug-likeness (QED) is 0.523. The Hall–Kier alpha value is -0.830. The molecule has 1 heterocycles. The zero-order chi connectivity index (χ0) is 10.4. The predicted octanol–water partition coefficient (Wildman–Crippen LogP) is 1.80. The normalized spacial score (nSPS) is 17.9. The Morgan fingerprint density at radius 3 is 2.86 bits per heavy atom. The van der Waals surface area contributed by atoms with E-state index in [0.29, 0.717) is 18.6 Å². The summed E-state index contributed by atoms with van der Waals surface area (Å²) in [6, 6.07) is 0. The van der Waals surface area contributed by atoms with Crippen LogP contribution in [-0.2, 0) is 9.53 Å². The highest BCUT2D eigenvalue weighted by Crippen LogP contribution is 2.16. The van der Waals surface area contributed by atoms with E-state index in [1.165, 1.54) is 12.8 Å². The van der Waals surface area contributed by atoms with Crippen LogP contribution in [0.2, 0.25) is 0 Å². The van der Waals surface area contributed by atoms with Gasteiger partial charge in [0.05, 0.1) is 11.7 Å². The summed E-state index contributed by atoms with van der Waals surface area (Å²) in [5.74, 6) is -0.354. The number of ether oxygens (including phenoxy) is 1. The van der Waals surface area contributed by atoms with E-state index in [-0.39, 0.29) is 5.97 Å². The van der Waals surface area contributed by atoms with Crippen LogP contribution in [0.1, 0.15) is 39.0 Å². The molecule has 0 aromatic carbocycles. The number of esters is 1. The lowest BCUT2D eigenvalue weighted by molar-refractivity contribution is -0.136. The molecule has 0 amide bonds. The zero-order valence-electron chi connectivity index (χ0n) is 8.66. The van der Waals surface area contributed by atoms with Gasteiger partial charge < -0.3 is 9.84 Å². The number of cyclic esters (lactones) is 1. The van der Waals surface area contributed by atoms with E-state index in [9.17, 15) is 9.90 Å². The molecule has 0 aromatic heterocycles. The van der Waals surface area contributed by atoms with Gasteiger partial charge in [-0.2, -0.15) is 0 Å². The topological polar surface area (TPSA) is 46.5 Å². The van der Waals surface area contributed by atoms with Gasteiger partial charge in [0.2, 0.25) is 0 Å². The zero-order valence-corrected chi connectivity index (χ0v) is 8.66. The van der Waals surface area contributed by atoms with Crippen LogP contribution in [0.4, 0.5) is 0 Å². The molecule has 0 bridgehead atoms. The van der Waals surface area contributed by atoms with Crippen LogP contribution < -0.4 is 0 Å². The molecule has 3 heteroatoms. The molecule has 0 saturated carbocycles. The lowest BCUT2D eigenvalue weighted by Crippen LogP contribution is -2.15. The van der Waals surface area contributed by atoms with E-state index >= 15 is 0 Å². The summed E-state index contributed by atoms with van der Waals surface area (Å²) in [6.45, 7) is 2.47. The van der Waals surface area contributed by atoms with E-state index < -0.39 is 6.10 Å². The molecule has 1 aliphatic heterocycles. The summed E-state index contributed by atoms with van der Waals surface area (Å²) in [6.07, 6.45) is 6.18. The van der Waals surface area contributed by atoms with E-state index in [1.54, 1.807) is 6.08 Å². The van der Waals surface area contributed by atoms with Crippen LogP contribution in [0, 0.1) is 0 Å². The first kappa shape index (κ1) is 11.2. The van der Waals surface area contributed by atoms with Crippen LogP contribution in [0.25, 0.3) is 0 Å². The number of rotatable bonds is 6. The average molecular weight is 198 g/mol. The maximum absolute atomic E-state index is 11.1. The van der Waals surface area contributed by atoms with Crippen molar-refractivity contribution in [3.8, 4) is 0 Å². The lowest BCUT2D eigenvalue weighted by Gasteiger charge is -2.08. The van der Waals surface area contributed by atoms with Gasteiger partial charge in [-0.1, -0.05) is 32.6 Å². The highest BCUT2D eigenvalue weighted by Gasteiger charge is 2.23. The van der Waals surface area contributed by atoms with Crippen LogP contribution in [-0.4, -0.2) is 23.8 Å². The number of hydrogen-bond acceptors (Lipinski definition) is 3. The van der Waals surface area contributed by atoms with Crippen molar-refractivity contribution in [3.05, 3.63) is 11.6 Å². The van der Waals surface area contributed by atoms with Crippen molar-refractivity contribution in [1.29, 1.82) is 0 Å². The molecule has 0 saturated heterocycles. The van der Waals surface area contributed by atoms with E-state index in [1.807, 2.05) is 0 Å². The van der Waals surface area contributed by atoms with Gasteiger partial charge in [-0.05, 0) is 12.5 Å². The minimum Gasteiger partial charge on any atom is -0.458 e. The number of aliphatic hydroxyl groups is 1. The number of unbranched alkanes of at least 4 members (excludes halogenated alkanes) is 3. The van der Waals surface area contributed by atoms with E-state index in [4.69, 9.17) is 4.74 Å². The molecule has 3 nitrogen and oxygen atoms in total. The van der Waals surface area contributed by atoms with E-state index in [2.05, 4.69) is 6.92 Å². The summed E-state index contributed by atoms with van der Waals surface area (Å²) in [7, 11) is 0. The van der Waals surface area contributed by atoms with Gasteiger partial charge in [-0.25, -0.2) is 4.79 Å². The van der Waals surface area contributed by atoms with E-state index in [0.717, 1.165) is 12.8 Å². The number of carbonyl (C=O) groups is 1. The number of carbonyl (C=O) groups excluding carboxylic acids is 1. The van der Waals surface area contributed by atoms with Crippen molar-refractivity contribution in [3.63, 3.8) is 0 Å². The fraction of sp³-hybridized carbons (Fsp3) is 0.727. The van der Waals surface area contributed by atoms with Gasteiger partial charge in [-0.15, -0.1) is 0 Å². The molecule has 0 aliphatic carbocycles. The highest BCUT2D eigenvalue weighted by atomic mass is 16.5. The van der Waals surface area contributed by atoms with Crippen LogP contribution in [0.3, 0.4) is 0 Å². The van der Waals surface area contributed by atoms with Gasteiger partial charge in [0.1, 0.15) is 6.61 Å². The van der Waals surface area contributed by atoms with Crippen molar-refractivity contribution in [2.45, 2.75) is 45.1 Å². The van der Waals surface area contributed by atoms with Crippen LogP contribution in [0.15, 0.2) is 11.6 Å². The van der Waals surface area contributed by atoms with Crippen molar-refractivity contribution >= 4 is 5.97 Å². The maximum Gasteiger partial charge on any atom is 0.336 e. The minimum absolute atomic E-state index is 0.320. The summed E-state index contributed by atoms with van der Waals surface area (Å²) >= 11 is 0. The second-order valence-corrected chi connectivity index (χ2v) is 3.62. The van der Waals surface area contributed by atoms with Crippen molar-refractivity contribution < 1.29 is 14.6 Å². The lowest BCUT2D eigenvalue weighted by atomic mass is 10.0.